The molecule has 2 aromatic carbocycles. The van der Waals surface area contributed by atoms with Crippen LogP contribution in [0.15, 0.2) is 51.8 Å². The molecule has 0 atom stereocenters. The van der Waals surface area contributed by atoms with Crippen molar-refractivity contribution < 1.29 is 15.0 Å². The number of phenols is 1. The molecule has 2 N–H and O–H groups in total. The molecule has 0 aromatic heterocycles. The third kappa shape index (κ3) is 3.75. The summed E-state index contributed by atoms with van der Waals surface area (Å²) in [5.41, 5.74) is 1.30. The SMILES string of the molecule is O=C(O)c1ccc(CSc2ccc(O)cc2)c(Br)c1. The van der Waals surface area contributed by atoms with Crippen LogP contribution in [-0.2, 0) is 5.75 Å². The Labute approximate surface area is 123 Å². The second-order valence-corrected chi connectivity index (χ2v) is 5.80. The summed E-state index contributed by atoms with van der Waals surface area (Å²) in [4.78, 5) is 11.9. The number of aromatic hydroxyl groups is 1. The fourth-order valence-electron chi connectivity index (χ4n) is 1.50. The van der Waals surface area contributed by atoms with Crippen molar-refractivity contribution in [2.45, 2.75) is 10.6 Å². The van der Waals surface area contributed by atoms with E-state index in [2.05, 4.69) is 15.9 Å². The fourth-order valence-corrected chi connectivity index (χ4v) is 3.11. The van der Waals surface area contributed by atoms with Crippen LogP contribution in [0.5, 0.6) is 5.75 Å². The van der Waals surface area contributed by atoms with E-state index in [1.807, 2.05) is 12.1 Å². The van der Waals surface area contributed by atoms with Gasteiger partial charge in [-0.2, -0.15) is 0 Å². The van der Waals surface area contributed by atoms with Crippen molar-refractivity contribution in [2.75, 3.05) is 0 Å². The molecule has 98 valence electrons. The van der Waals surface area contributed by atoms with Gasteiger partial charge in [-0.25, -0.2) is 4.79 Å². The van der Waals surface area contributed by atoms with Crippen molar-refractivity contribution in [3.8, 4) is 5.75 Å². The molecule has 0 saturated heterocycles. The standard InChI is InChI=1S/C14H11BrO3S/c15-13-7-9(14(17)18)1-2-10(13)8-19-12-5-3-11(16)4-6-12/h1-7,16H,8H2,(H,17,18). The average molecular weight is 339 g/mol. The molecule has 2 aromatic rings. The third-order valence-corrected chi connectivity index (χ3v) is 4.33. The molecule has 0 radical (unpaired) electrons. The molecule has 5 heteroatoms. The number of aromatic carboxylic acids is 1. The summed E-state index contributed by atoms with van der Waals surface area (Å²) >= 11 is 5.01. The summed E-state index contributed by atoms with van der Waals surface area (Å²) in [5, 5.41) is 18.1. The molecular weight excluding hydrogens is 328 g/mol. The second-order valence-electron chi connectivity index (χ2n) is 3.89. The topological polar surface area (TPSA) is 57.5 Å². The molecule has 0 aliphatic rings. The monoisotopic (exact) mass is 338 g/mol. The minimum Gasteiger partial charge on any atom is -0.508 e. The van der Waals surface area contributed by atoms with E-state index in [4.69, 9.17) is 5.11 Å². The van der Waals surface area contributed by atoms with E-state index in [1.54, 1.807) is 42.1 Å². The Morgan fingerprint density at radius 3 is 2.42 bits per heavy atom. The maximum Gasteiger partial charge on any atom is 0.335 e. The number of phenolic OH excluding ortho intramolecular Hbond substituents is 1. The molecule has 0 amide bonds. The number of carboxylic acid groups (broad SMARTS) is 1. The molecule has 0 saturated carbocycles. The van der Waals surface area contributed by atoms with Crippen molar-refractivity contribution in [3.05, 3.63) is 58.1 Å². The molecule has 0 unspecified atom stereocenters. The molecule has 3 nitrogen and oxygen atoms in total. The first kappa shape index (κ1) is 14.0. The zero-order valence-corrected chi connectivity index (χ0v) is 12.2. The van der Waals surface area contributed by atoms with Gasteiger partial charge in [-0.1, -0.05) is 22.0 Å². The molecule has 2 rings (SSSR count). The third-order valence-electron chi connectivity index (χ3n) is 2.53. The summed E-state index contributed by atoms with van der Waals surface area (Å²) in [7, 11) is 0. The van der Waals surface area contributed by atoms with Gasteiger partial charge in [0.05, 0.1) is 5.56 Å². The highest BCUT2D eigenvalue weighted by Gasteiger charge is 2.07. The van der Waals surface area contributed by atoms with Gasteiger partial charge in [0.1, 0.15) is 5.75 Å². The van der Waals surface area contributed by atoms with E-state index < -0.39 is 5.97 Å². The quantitative estimate of drug-likeness (QED) is 0.822. The largest absolute Gasteiger partial charge is 0.508 e. The molecule has 0 fully saturated rings. The van der Waals surface area contributed by atoms with Crippen LogP contribution in [0, 0.1) is 0 Å². The van der Waals surface area contributed by atoms with Crippen molar-refractivity contribution in [2.24, 2.45) is 0 Å². The minimum atomic E-state index is -0.932. The van der Waals surface area contributed by atoms with Gasteiger partial charge in [0.2, 0.25) is 0 Å². The zero-order chi connectivity index (χ0) is 13.8. The molecule has 0 bridgehead atoms. The Morgan fingerprint density at radius 2 is 1.84 bits per heavy atom. The van der Waals surface area contributed by atoms with Gasteiger partial charge in [-0.05, 0) is 42.0 Å². The normalized spacial score (nSPS) is 10.4. The van der Waals surface area contributed by atoms with Gasteiger partial charge in [0.25, 0.3) is 0 Å². The molecular formula is C14H11BrO3S. The lowest BCUT2D eigenvalue weighted by Crippen LogP contribution is -1.96. The summed E-state index contributed by atoms with van der Waals surface area (Å²) in [6.07, 6.45) is 0. The van der Waals surface area contributed by atoms with Crippen LogP contribution in [0.1, 0.15) is 15.9 Å². The van der Waals surface area contributed by atoms with Gasteiger partial charge < -0.3 is 10.2 Å². The number of halogens is 1. The first-order valence-electron chi connectivity index (χ1n) is 5.50. The summed E-state index contributed by atoms with van der Waals surface area (Å²) in [5.74, 6) is 0.0420. The Bertz CT molecular complexity index is 596. The number of thioether (sulfide) groups is 1. The number of hydrogen-bond donors (Lipinski definition) is 2. The number of rotatable bonds is 4. The molecule has 0 aliphatic carbocycles. The van der Waals surface area contributed by atoms with E-state index in [0.717, 1.165) is 20.7 Å². The van der Waals surface area contributed by atoms with Crippen LogP contribution in [-0.4, -0.2) is 16.2 Å². The van der Waals surface area contributed by atoms with E-state index in [9.17, 15) is 9.90 Å². The molecule has 19 heavy (non-hydrogen) atoms. The molecule has 0 heterocycles. The predicted molar refractivity (Wildman–Crippen MR) is 78.8 cm³/mol. The fraction of sp³-hybridized carbons (Fsp3) is 0.0714. The Morgan fingerprint density at radius 1 is 1.16 bits per heavy atom. The van der Waals surface area contributed by atoms with E-state index in [-0.39, 0.29) is 11.3 Å². The Balaban J connectivity index is 2.07. The van der Waals surface area contributed by atoms with Crippen LogP contribution in [0.4, 0.5) is 0 Å². The Kier molecular flexibility index (Phi) is 4.50. The van der Waals surface area contributed by atoms with Gasteiger partial charge in [-0.15, -0.1) is 11.8 Å². The van der Waals surface area contributed by atoms with Gasteiger partial charge in [-0.3, -0.25) is 0 Å². The van der Waals surface area contributed by atoms with Crippen molar-refractivity contribution >= 4 is 33.7 Å². The lowest BCUT2D eigenvalue weighted by Gasteiger charge is -2.06. The Hall–Kier alpha value is -1.46. The number of hydrogen-bond acceptors (Lipinski definition) is 3. The van der Waals surface area contributed by atoms with E-state index >= 15 is 0 Å². The highest BCUT2D eigenvalue weighted by Crippen LogP contribution is 2.28. The summed E-state index contributed by atoms with van der Waals surface area (Å²) in [6.45, 7) is 0. The predicted octanol–water partition coefficient (Wildman–Crippen LogP) is 4.15. The van der Waals surface area contributed by atoms with Crippen molar-refractivity contribution in [1.82, 2.24) is 0 Å². The van der Waals surface area contributed by atoms with E-state index in [0.29, 0.717) is 0 Å². The van der Waals surface area contributed by atoms with Gasteiger partial charge >= 0.3 is 5.97 Å². The van der Waals surface area contributed by atoms with Crippen molar-refractivity contribution in [1.29, 1.82) is 0 Å². The first-order chi connectivity index (χ1) is 9.06. The number of carbonyl (C=O) groups is 1. The van der Waals surface area contributed by atoms with Crippen LogP contribution >= 0.6 is 27.7 Å². The number of carboxylic acids is 1. The maximum absolute atomic E-state index is 10.8. The van der Waals surface area contributed by atoms with Crippen LogP contribution in [0.2, 0.25) is 0 Å². The second kappa shape index (κ2) is 6.12. The minimum absolute atomic E-state index is 0.247. The summed E-state index contributed by atoms with van der Waals surface area (Å²) in [6, 6.07) is 12.0. The smallest absolute Gasteiger partial charge is 0.335 e. The molecule has 0 spiro atoms. The zero-order valence-electron chi connectivity index (χ0n) is 9.84. The molecule has 0 aliphatic heterocycles. The van der Waals surface area contributed by atoms with Gasteiger partial charge in [0.15, 0.2) is 0 Å². The lowest BCUT2D eigenvalue weighted by molar-refractivity contribution is 0.0697. The number of benzene rings is 2. The highest BCUT2D eigenvalue weighted by atomic mass is 79.9. The maximum atomic E-state index is 10.8. The first-order valence-corrected chi connectivity index (χ1v) is 7.27. The van der Waals surface area contributed by atoms with Crippen molar-refractivity contribution in [3.63, 3.8) is 0 Å². The van der Waals surface area contributed by atoms with Crippen LogP contribution in [0.3, 0.4) is 0 Å². The highest BCUT2D eigenvalue weighted by molar-refractivity contribution is 9.10. The lowest BCUT2D eigenvalue weighted by atomic mass is 10.1. The summed E-state index contributed by atoms with van der Waals surface area (Å²) < 4.78 is 0.790. The average Bonchev–Trinajstić information content (AvgIpc) is 2.39. The van der Waals surface area contributed by atoms with Crippen LogP contribution < -0.4 is 0 Å². The van der Waals surface area contributed by atoms with Crippen LogP contribution in [0.25, 0.3) is 0 Å². The van der Waals surface area contributed by atoms with E-state index in [1.165, 1.54) is 0 Å². The van der Waals surface area contributed by atoms with Gasteiger partial charge in [0, 0.05) is 15.1 Å².